The van der Waals surface area contributed by atoms with Crippen LogP contribution < -0.4 is 10.5 Å². The van der Waals surface area contributed by atoms with Crippen molar-refractivity contribution in [1.29, 1.82) is 0 Å². The zero-order valence-electron chi connectivity index (χ0n) is 8.44. The largest absolute Gasteiger partial charge is 0.491 e. The van der Waals surface area contributed by atoms with Gasteiger partial charge in [-0.2, -0.15) is 0 Å². The normalized spacial score (nSPS) is 25.3. The third-order valence-corrected chi connectivity index (χ3v) is 2.95. The molecule has 76 valence electrons. The van der Waals surface area contributed by atoms with E-state index >= 15 is 0 Å². The lowest BCUT2D eigenvalue weighted by atomic mass is 9.85. The summed E-state index contributed by atoms with van der Waals surface area (Å²) < 4.78 is 5.64. The van der Waals surface area contributed by atoms with Crippen molar-refractivity contribution >= 4 is 0 Å². The lowest BCUT2D eigenvalue weighted by molar-refractivity contribution is 0.187. The number of nitrogens with two attached hydrogens (primary N) is 1. The molecular weight excluding hydrogens is 176 g/mol. The fourth-order valence-electron chi connectivity index (χ4n) is 2.05. The fraction of sp³-hybridized carbons (Fsp3) is 0.545. The Kier molecular flexibility index (Phi) is 2.68. The molecule has 14 heavy (non-hydrogen) atoms. The first-order valence-corrected chi connectivity index (χ1v) is 5.14. The Balaban J connectivity index is 2.34. The minimum atomic E-state index is 0.366. The summed E-state index contributed by atoms with van der Waals surface area (Å²) in [7, 11) is 0. The minimum Gasteiger partial charge on any atom is -0.491 e. The zero-order valence-corrected chi connectivity index (χ0v) is 8.44. The molecule has 1 aliphatic heterocycles. The van der Waals surface area contributed by atoms with Crippen LogP contribution in [0.3, 0.4) is 0 Å². The summed E-state index contributed by atoms with van der Waals surface area (Å²) in [5.41, 5.74) is 6.82. The Hall–Kier alpha value is -1.09. The predicted octanol–water partition coefficient (Wildman–Crippen LogP) is 1.54. The number of rotatable bonds is 2. The number of pyridine rings is 1. The Labute approximate surface area is 84.3 Å². The summed E-state index contributed by atoms with van der Waals surface area (Å²) in [6, 6.07) is 3.87. The molecule has 3 nitrogen and oxygen atoms in total. The molecule has 0 amide bonds. The van der Waals surface area contributed by atoms with Crippen LogP contribution >= 0.6 is 0 Å². The summed E-state index contributed by atoms with van der Waals surface area (Å²) in [5.74, 6) is 1.79. The number of nitrogens with zero attached hydrogens (tertiary/aromatic N) is 1. The molecule has 1 aromatic heterocycles. The summed E-state index contributed by atoms with van der Waals surface area (Å²) in [5, 5.41) is 0. The molecular formula is C11H16N2O. The number of ether oxygens (including phenoxy) is 1. The monoisotopic (exact) mass is 192 g/mol. The van der Waals surface area contributed by atoms with Crippen LogP contribution in [-0.2, 0) is 0 Å². The quantitative estimate of drug-likeness (QED) is 0.773. The van der Waals surface area contributed by atoms with Crippen molar-refractivity contribution in [2.24, 2.45) is 11.7 Å². The molecule has 0 aromatic carbocycles. The van der Waals surface area contributed by atoms with Crippen LogP contribution in [0.1, 0.15) is 25.0 Å². The van der Waals surface area contributed by atoms with Crippen molar-refractivity contribution in [2.75, 3.05) is 13.2 Å². The van der Waals surface area contributed by atoms with Gasteiger partial charge in [0.15, 0.2) is 0 Å². The van der Waals surface area contributed by atoms with Gasteiger partial charge in [-0.15, -0.1) is 0 Å². The second kappa shape index (κ2) is 3.96. The first kappa shape index (κ1) is 9.46. The van der Waals surface area contributed by atoms with Crippen LogP contribution in [0, 0.1) is 5.92 Å². The molecule has 1 aromatic rings. The molecule has 0 bridgehead atoms. The average molecular weight is 192 g/mol. The molecule has 2 atom stereocenters. The van der Waals surface area contributed by atoms with Crippen LogP contribution in [0.4, 0.5) is 0 Å². The number of hydrogen-bond donors (Lipinski definition) is 1. The maximum absolute atomic E-state index is 5.79. The van der Waals surface area contributed by atoms with Gasteiger partial charge in [0.25, 0.3) is 0 Å². The zero-order chi connectivity index (χ0) is 9.97. The van der Waals surface area contributed by atoms with Crippen molar-refractivity contribution in [2.45, 2.75) is 19.3 Å². The maximum atomic E-state index is 5.79. The average Bonchev–Trinajstić information content (AvgIpc) is 2.27. The van der Waals surface area contributed by atoms with Crippen LogP contribution in [0.5, 0.6) is 5.75 Å². The van der Waals surface area contributed by atoms with Crippen LogP contribution in [0.25, 0.3) is 0 Å². The van der Waals surface area contributed by atoms with Crippen LogP contribution in [0.2, 0.25) is 0 Å². The third-order valence-electron chi connectivity index (χ3n) is 2.95. The summed E-state index contributed by atoms with van der Waals surface area (Å²) in [6.07, 6.45) is 2.90. The van der Waals surface area contributed by atoms with Crippen molar-refractivity contribution in [1.82, 2.24) is 4.98 Å². The van der Waals surface area contributed by atoms with E-state index in [9.17, 15) is 0 Å². The molecule has 3 heteroatoms. The van der Waals surface area contributed by atoms with Gasteiger partial charge in [-0.25, -0.2) is 0 Å². The number of fused-ring (bicyclic) bond motifs is 1. The topological polar surface area (TPSA) is 48.1 Å². The van der Waals surface area contributed by atoms with E-state index in [0.29, 0.717) is 18.4 Å². The van der Waals surface area contributed by atoms with E-state index in [-0.39, 0.29) is 0 Å². The van der Waals surface area contributed by atoms with Crippen molar-refractivity contribution in [3.8, 4) is 5.75 Å². The van der Waals surface area contributed by atoms with Crippen molar-refractivity contribution in [3.05, 3.63) is 24.0 Å². The Morgan fingerprint density at radius 1 is 1.64 bits per heavy atom. The molecule has 0 unspecified atom stereocenters. The van der Waals surface area contributed by atoms with Gasteiger partial charge in [0.05, 0.1) is 12.3 Å². The molecule has 0 saturated carbocycles. The Bertz CT molecular complexity index is 314. The van der Waals surface area contributed by atoms with Gasteiger partial charge in [-0.1, -0.05) is 6.92 Å². The van der Waals surface area contributed by atoms with Gasteiger partial charge in [0, 0.05) is 24.6 Å². The van der Waals surface area contributed by atoms with E-state index in [1.165, 1.54) is 0 Å². The standard InChI is InChI=1S/C11H16N2O/c1-2-8-7-14-10-4-3-5-13-11(10)9(8)6-12/h3-5,8-9H,2,6-7,12H2,1H3/t8-,9-/m1/s1. The molecule has 2 rings (SSSR count). The van der Waals surface area contributed by atoms with Gasteiger partial charge in [0.1, 0.15) is 5.75 Å². The van der Waals surface area contributed by atoms with E-state index in [0.717, 1.165) is 24.5 Å². The molecule has 1 aliphatic rings. The maximum Gasteiger partial charge on any atom is 0.141 e. The van der Waals surface area contributed by atoms with Gasteiger partial charge < -0.3 is 10.5 Å². The second-order valence-corrected chi connectivity index (χ2v) is 3.71. The highest BCUT2D eigenvalue weighted by Crippen LogP contribution is 2.35. The number of hydrogen-bond acceptors (Lipinski definition) is 3. The summed E-state index contributed by atoms with van der Waals surface area (Å²) in [4.78, 5) is 4.36. The first-order chi connectivity index (χ1) is 6.86. The van der Waals surface area contributed by atoms with E-state index < -0.39 is 0 Å². The SMILES string of the molecule is CC[C@@H]1COc2cccnc2[C@@H]1CN. The van der Waals surface area contributed by atoms with Gasteiger partial charge in [-0.3, -0.25) is 4.98 Å². The predicted molar refractivity (Wildman–Crippen MR) is 55.3 cm³/mol. The third kappa shape index (κ3) is 1.48. The smallest absolute Gasteiger partial charge is 0.141 e. The highest BCUT2D eigenvalue weighted by atomic mass is 16.5. The molecule has 2 N–H and O–H groups in total. The highest BCUT2D eigenvalue weighted by Gasteiger charge is 2.29. The summed E-state index contributed by atoms with van der Waals surface area (Å²) in [6.45, 7) is 3.60. The molecule has 0 spiro atoms. The van der Waals surface area contributed by atoms with Crippen molar-refractivity contribution < 1.29 is 4.74 Å². The van der Waals surface area contributed by atoms with Crippen molar-refractivity contribution in [3.63, 3.8) is 0 Å². The molecule has 2 heterocycles. The molecule has 0 aliphatic carbocycles. The van der Waals surface area contributed by atoms with Gasteiger partial charge in [-0.05, 0) is 18.6 Å². The second-order valence-electron chi connectivity index (χ2n) is 3.71. The van der Waals surface area contributed by atoms with E-state index in [1.54, 1.807) is 0 Å². The fourth-order valence-corrected chi connectivity index (χ4v) is 2.05. The lowest BCUT2D eigenvalue weighted by Gasteiger charge is -2.31. The Morgan fingerprint density at radius 2 is 2.50 bits per heavy atom. The molecule has 0 radical (unpaired) electrons. The van der Waals surface area contributed by atoms with E-state index in [4.69, 9.17) is 10.5 Å². The van der Waals surface area contributed by atoms with E-state index in [1.807, 2.05) is 18.3 Å². The highest BCUT2D eigenvalue weighted by molar-refractivity contribution is 5.32. The Morgan fingerprint density at radius 3 is 3.21 bits per heavy atom. The van der Waals surface area contributed by atoms with Crippen LogP contribution in [0.15, 0.2) is 18.3 Å². The minimum absolute atomic E-state index is 0.366. The summed E-state index contributed by atoms with van der Waals surface area (Å²) >= 11 is 0. The molecule has 0 saturated heterocycles. The number of aromatic nitrogens is 1. The molecule has 0 fully saturated rings. The van der Waals surface area contributed by atoms with Gasteiger partial charge in [0.2, 0.25) is 0 Å². The van der Waals surface area contributed by atoms with Crippen LogP contribution in [-0.4, -0.2) is 18.1 Å². The van der Waals surface area contributed by atoms with E-state index in [2.05, 4.69) is 11.9 Å². The first-order valence-electron chi connectivity index (χ1n) is 5.14. The van der Waals surface area contributed by atoms with Gasteiger partial charge >= 0.3 is 0 Å². The lowest BCUT2D eigenvalue weighted by Crippen LogP contribution is -2.31.